The predicted octanol–water partition coefficient (Wildman–Crippen LogP) is 10.0. The molecule has 2 bridgehead atoms. The second-order valence-electron chi connectivity index (χ2n) is 10.4. The molecular formula is C37H35NO. The minimum Gasteiger partial charge on any atom is -0.448 e. The monoisotopic (exact) mass is 509 g/mol. The summed E-state index contributed by atoms with van der Waals surface area (Å²) in [6.45, 7) is 6.21. The van der Waals surface area contributed by atoms with Gasteiger partial charge in [-0.15, -0.1) is 0 Å². The Morgan fingerprint density at radius 3 is 2.41 bits per heavy atom. The summed E-state index contributed by atoms with van der Waals surface area (Å²) in [6, 6.07) is 18.0. The lowest BCUT2D eigenvalue weighted by Crippen LogP contribution is -2.09. The van der Waals surface area contributed by atoms with E-state index in [1.54, 1.807) is 0 Å². The van der Waals surface area contributed by atoms with Crippen LogP contribution in [0.2, 0.25) is 0 Å². The molecule has 1 aliphatic heterocycles. The molecule has 4 aromatic rings. The number of allylic oxidation sites excluding steroid dienone is 5. The molecule has 2 heteroatoms. The van der Waals surface area contributed by atoms with Crippen molar-refractivity contribution in [1.29, 1.82) is 0 Å². The molecule has 2 nitrogen and oxygen atoms in total. The van der Waals surface area contributed by atoms with Gasteiger partial charge < -0.3 is 9.30 Å². The standard InChI is InChI=1S/C35H29NO.C2H6/c1-23-18-31-32-22-35-28(15-14-24-8-3-5-12-29(19-24)37-35)21-34(32)36(2)33(31)20-27(23)17-16-26-9-4-6-13-30(26)25-10-7-11-25;1-2/h3-6,8-9,12-18,20-22,25H,7,10-11H2,1-2H3;1-2H3/b15-14-,17-16-;. The van der Waals surface area contributed by atoms with Crippen molar-refractivity contribution in [3.8, 4) is 5.75 Å². The second kappa shape index (κ2) is 10.5. The summed E-state index contributed by atoms with van der Waals surface area (Å²) in [7, 11) is 2.16. The number of rotatable bonds is 3. The second-order valence-corrected chi connectivity index (χ2v) is 10.4. The maximum atomic E-state index is 6.33. The lowest BCUT2D eigenvalue weighted by atomic mass is 9.78. The Kier molecular flexibility index (Phi) is 6.73. The summed E-state index contributed by atoms with van der Waals surface area (Å²) in [5, 5.41) is 2.46. The van der Waals surface area contributed by atoms with Gasteiger partial charge in [-0.05, 0) is 96.5 Å². The van der Waals surface area contributed by atoms with Crippen molar-refractivity contribution in [2.45, 2.75) is 46.0 Å². The van der Waals surface area contributed by atoms with Gasteiger partial charge in [-0.3, -0.25) is 0 Å². The quantitative estimate of drug-likeness (QED) is 0.198. The normalized spacial score (nSPS) is 16.8. The number of hydrogen-bond donors (Lipinski definition) is 0. The number of aromatic nitrogens is 1. The molecule has 0 atom stereocenters. The van der Waals surface area contributed by atoms with Gasteiger partial charge in [0.25, 0.3) is 0 Å². The molecule has 0 amide bonds. The summed E-state index contributed by atoms with van der Waals surface area (Å²) in [6.07, 6.45) is 20.8. The van der Waals surface area contributed by atoms with E-state index in [1.807, 2.05) is 38.2 Å². The maximum Gasteiger partial charge on any atom is 0.170 e. The summed E-state index contributed by atoms with van der Waals surface area (Å²) in [4.78, 5) is 0. The highest BCUT2D eigenvalue weighted by molar-refractivity contribution is 6.10. The molecule has 0 radical (unpaired) electrons. The summed E-state index contributed by atoms with van der Waals surface area (Å²) in [5.74, 6) is 2.31. The third-order valence-electron chi connectivity index (χ3n) is 8.07. The lowest BCUT2D eigenvalue weighted by Gasteiger charge is -2.27. The van der Waals surface area contributed by atoms with Crippen LogP contribution in [0.4, 0.5) is 0 Å². The largest absolute Gasteiger partial charge is 0.448 e. The Hall–Kier alpha value is -4.26. The average Bonchev–Trinajstić information content (AvgIpc) is 3.05. The molecule has 194 valence electrons. The van der Waals surface area contributed by atoms with Crippen molar-refractivity contribution in [3.63, 3.8) is 0 Å². The summed E-state index contributed by atoms with van der Waals surface area (Å²) < 4.78 is 8.63. The summed E-state index contributed by atoms with van der Waals surface area (Å²) >= 11 is 0. The van der Waals surface area contributed by atoms with E-state index in [1.165, 1.54) is 63.3 Å². The van der Waals surface area contributed by atoms with Crippen molar-refractivity contribution in [2.24, 2.45) is 7.05 Å². The lowest BCUT2D eigenvalue weighted by molar-refractivity contribution is 0.419. The third kappa shape index (κ3) is 4.62. The zero-order valence-electron chi connectivity index (χ0n) is 23.3. The molecule has 1 aromatic heterocycles. The van der Waals surface area contributed by atoms with Crippen molar-refractivity contribution in [1.82, 2.24) is 4.57 Å². The van der Waals surface area contributed by atoms with E-state index in [9.17, 15) is 0 Å². The van der Waals surface area contributed by atoms with Crippen LogP contribution in [0.25, 0.3) is 40.0 Å². The van der Waals surface area contributed by atoms with Crippen LogP contribution in [0.15, 0.2) is 96.0 Å². The van der Waals surface area contributed by atoms with Gasteiger partial charge in [0.2, 0.25) is 0 Å². The smallest absolute Gasteiger partial charge is 0.170 e. The van der Waals surface area contributed by atoms with Crippen LogP contribution in [0, 0.1) is 6.92 Å². The highest BCUT2D eigenvalue weighted by Gasteiger charge is 2.21. The van der Waals surface area contributed by atoms with Crippen LogP contribution in [-0.2, 0) is 7.05 Å². The number of ether oxygens (including phenoxy) is 1. The van der Waals surface area contributed by atoms with Gasteiger partial charge in [0.15, 0.2) is 5.76 Å². The molecule has 0 N–H and O–H groups in total. The molecule has 3 aromatic carbocycles. The molecule has 39 heavy (non-hydrogen) atoms. The van der Waals surface area contributed by atoms with Crippen LogP contribution < -0.4 is 4.74 Å². The van der Waals surface area contributed by atoms with Gasteiger partial charge in [0.1, 0.15) is 5.75 Å². The zero-order valence-corrected chi connectivity index (χ0v) is 23.3. The number of hydrogen-bond acceptors (Lipinski definition) is 1. The Labute approximate surface area is 231 Å². The molecule has 1 saturated carbocycles. The van der Waals surface area contributed by atoms with Gasteiger partial charge in [-0.2, -0.15) is 0 Å². The van der Waals surface area contributed by atoms with Crippen LogP contribution in [0.5, 0.6) is 5.75 Å². The molecule has 2 aliphatic carbocycles. The molecule has 7 rings (SSSR count). The topological polar surface area (TPSA) is 14.2 Å². The van der Waals surface area contributed by atoms with Crippen LogP contribution in [0.1, 0.15) is 66.8 Å². The van der Waals surface area contributed by atoms with Crippen LogP contribution in [-0.4, -0.2) is 4.57 Å². The first-order valence-electron chi connectivity index (χ1n) is 14.2. The number of fused-ring (bicyclic) bond motifs is 4. The van der Waals surface area contributed by atoms with Gasteiger partial charge in [-0.1, -0.05) is 74.6 Å². The first-order chi connectivity index (χ1) is 19.1. The van der Waals surface area contributed by atoms with Gasteiger partial charge in [-0.25, -0.2) is 0 Å². The van der Waals surface area contributed by atoms with E-state index in [2.05, 4.69) is 97.1 Å². The van der Waals surface area contributed by atoms with Gasteiger partial charge in [0.05, 0.1) is 0 Å². The Bertz CT molecular complexity index is 1780. The first kappa shape index (κ1) is 25.0. The van der Waals surface area contributed by atoms with E-state index in [0.717, 1.165) is 28.6 Å². The van der Waals surface area contributed by atoms with E-state index in [4.69, 9.17) is 4.74 Å². The van der Waals surface area contributed by atoms with E-state index in [-0.39, 0.29) is 0 Å². The van der Waals surface area contributed by atoms with Crippen LogP contribution >= 0.6 is 0 Å². The minimum absolute atomic E-state index is 0.723. The molecular weight excluding hydrogens is 474 g/mol. The number of nitrogens with zero attached hydrogens (tertiary/aromatic N) is 1. The van der Waals surface area contributed by atoms with Gasteiger partial charge in [0, 0.05) is 40.0 Å². The SMILES string of the molecule is CC.Cc1cc2c3cc4c(cc3n(C)c2cc1/C=C\c1ccccc1C1CCC1)/C=C\C1=C=C(C=CC=C1)O4. The Morgan fingerprint density at radius 2 is 1.59 bits per heavy atom. The number of aryl methyl sites for hydroxylation is 2. The maximum absolute atomic E-state index is 6.33. The van der Waals surface area contributed by atoms with Crippen molar-refractivity contribution in [2.75, 3.05) is 0 Å². The van der Waals surface area contributed by atoms with E-state index in [0.29, 0.717) is 0 Å². The van der Waals surface area contributed by atoms with Gasteiger partial charge >= 0.3 is 0 Å². The van der Waals surface area contributed by atoms with Crippen LogP contribution in [0.3, 0.4) is 0 Å². The first-order valence-corrected chi connectivity index (χ1v) is 14.2. The fourth-order valence-corrected chi connectivity index (χ4v) is 5.73. The van der Waals surface area contributed by atoms with Crippen molar-refractivity contribution < 1.29 is 4.74 Å². The fraction of sp³-hybridized carbons (Fsp3) is 0.216. The minimum atomic E-state index is 0.723. The Morgan fingerprint density at radius 1 is 0.846 bits per heavy atom. The molecule has 0 spiro atoms. The zero-order chi connectivity index (χ0) is 26.9. The molecule has 0 saturated heterocycles. The van der Waals surface area contributed by atoms with Crippen molar-refractivity contribution in [3.05, 3.63) is 124 Å². The molecule has 3 aliphatic rings. The molecule has 2 heterocycles. The average molecular weight is 510 g/mol. The molecule has 1 fully saturated rings. The highest BCUT2D eigenvalue weighted by Crippen LogP contribution is 2.39. The predicted molar refractivity (Wildman–Crippen MR) is 167 cm³/mol. The van der Waals surface area contributed by atoms with Crippen molar-refractivity contribution >= 4 is 40.0 Å². The summed E-state index contributed by atoms with van der Waals surface area (Å²) in [5.41, 5.74) is 13.2. The van der Waals surface area contributed by atoms with E-state index < -0.39 is 0 Å². The number of benzene rings is 3. The molecule has 0 unspecified atom stereocenters. The fourth-order valence-electron chi connectivity index (χ4n) is 5.73. The third-order valence-corrected chi connectivity index (χ3v) is 8.07. The van der Waals surface area contributed by atoms with E-state index >= 15 is 0 Å². The Balaban J connectivity index is 0.00000135. The highest BCUT2D eigenvalue weighted by atomic mass is 16.5.